The molecule has 4 heteroatoms. The molecule has 1 aromatic rings. The normalized spacial score (nSPS) is 30.8. The molecule has 1 aromatic carbocycles. The quantitative estimate of drug-likeness (QED) is 0.790. The van der Waals surface area contributed by atoms with E-state index in [1.807, 2.05) is 6.92 Å². The number of aryl methyl sites for hydroxylation is 1. The largest absolute Gasteiger partial charge is 0.297 e. The molecule has 2 aliphatic rings. The van der Waals surface area contributed by atoms with Crippen molar-refractivity contribution in [1.29, 1.82) is 0 Å². The Morgan fingerprint density at radius 2 is 1.83 bits per heavy atom. The summed E-state index contributed by atoms with van der Waals surface area (Å²) in [6, 6.07) is 6.85. The van der Waals surface area contributed by atoms with Crippen molar-refractivity contribution in [1.82, 2.24) is 0 Å². The fourth-order valence-corrected chi connectivity index (χ4v) is 4.37. The summed E-state index contributed by atoms with van der Waals surface area (Å²) in [7, 11) is -3.58. The first-order chi connectivity index (χ1) is 8.54. The molecular formula is C14H18O3S. The van der Waals surface area contributed by atoms with E-state index < -0.39 is 10.1 Å². The van der Waals surface area contributed by atoms with Gasteiger partial charge in [-0.3, -0.25) is 4.18 Å². The van der Waals surface area contributed by atoms with E-state index in [1.165, 1.54) is 6.42 Å². The van der Waals surface area contributed by atoms with Gasteiger partial charge in [0.05, 0.1) is 11.0 Å². The maximum Gasteiger partial charge on any atom is 0.297 e. The van der Waals surface area contributed by atoms with Crippen molar-refractivity contribution in [3.8, 4) is 0 Å². The lowest BCUT2D eigenvalue weighted by Gasteiger charge is -2.21. The van der Waals surface area contributed by atoms with E-state index in [1.54, 1.807) is 24.3 Å². The maximum atomic E-state index is 12.2. The monoisotopic (exact) mass is 266 g/mol. The van der Waals surface area contributed by atoms with Gasteiger partial charge in [0.15, 0.2) is 0 Å². The molecule has 3 rings (SSSR count). The lowest BCUT2D eigenvalue weighted by molar-refractivity contribution is 0.145. The first kappa shape index (κ1) is 12.2. The van der Waals surface area contributed by atoms with Gasteiger partial charge in [0.25, 0.3) is 10.1 Å². The van der Waals surface area contributed by atoms with Gasteiger partial charge in [-0.1, -0.05) is 17.7 Å². The van der Waals surface area contributed by atoms with E-state index >= 15 is 0 Å². The van der Waals surface area contributed by atoms with Crippen LogP contribution < -0.4 is 0 Å². The van der Waals surface area contributed by atoms with Crippen molar-refractivity contribution in [2.45, 2.75) is 43.6 Å². The second-order valence-electron chi connectivity index (χ2n) is 5.58. The molecule has 3 atom stereocenters. The zero-order chi connectivity index (χ0) is 12.8. The molecule has 2 aliphatic carbocycles. The average molecular weight is 266 g/mol. The van der Waals surface area contributed by atoms with Crippen molar-refractivity contribution in [3.63, 3.8) is 0 Å². The summed E-state index contributed by atoms with van der Waals surface area (Å²) in [5.41, 5.74) is 1.05. The third-order valence-electron chi connectivity index (χ3n) is 4.23. The van der Waals surface area contributed by atoms with Gasteiger partial charge in [-0.15, -0.1) is 0 Å². The molecule has 98 valence electrons. The molecule has 18 heavy (non-hydrogen) atoms. The summed E-state index contributed by atoms with van der Waals surface area (Å²) in [6.45, 7) is 1.94. The fraction of sp³-hybridized carbons (Fsp3) is 0.571. The van der Waals surface area contributed by atoms with Crippen molar-refractivity contribution >= 4 is 10.1 Å². The van der Waals surface area contributed by atoms with Gasteiger partial charge in [-0.2, -0.15) is 8.42 Å². The van der Waals surface area contributed by atoms with Crippen LogP contribution in [0.1, 0.15) is 31.2 Å². The highest BCUT2D eigenvalue weighted by Crippen LogP contribution is 2.46. The zero-order valence-corrected chi connectivity index (χ0v) is 11.3. The predicted octanol–water partition coefficient (Wildman–Crippen LogP) is 2.89. The number of benzene rings is 1. The van der Waals surface area contributed by atoms with Crippen LogP contribution in [0.5, 0.6) is 0 Å². The van der Waals surface area contributed by atoms with Crippen molar-refractivity contribution in [2.75, 3.05) is 0 Å². The Bertz CT molecular complexity index is 533. The third-order valence-corrected chi connectivity index (χ3v) is 5.58. The van der Waals surface area contributed by atoms with E-state index in [2.05, 4.69) is 0 Å². The molecule has 2 saturated carbocycles. The second-order valence-corrected chi connectivity index (χ2v) is 7.15. The van der Waals surface area contributed by atoms with Crippen LogP contribution in [0.3, 0.4) is 0 Å². The molecule has 0 radical (unpaired) electrons. The van der Waals surface area contributed by atoms with Crippen molar-refractivity contribution in [2.24, 2.45) is 11.8 Å². The van der Waals surface area contributed by atoms with Gasteiger partial charge in [0.1, 0.15) is 0 Å². The number of hydrogen-bond acceptors (Lipinski definition) is 3. The number of rotatable bonds is 3. The van der Waals surface area contributed by atoms with Crippen LogP contribution in [0.25, 0.3) is 0 Å². The molecule has 0 saturated heterocycles. The minimum absolute atomic E-state index is 0.0879. The molecule has 0 aliphatic heterocycles. The van der Waals surface area contributed by atoms with Crippen molar-refractivity contribution < 1.29 is 12.6 Å². The van der Waals surface area contributed by atoms with Gasteiger partial charge in [-0.05, 0) is 56.6 Å². The first-order valence-corrected chi connectivity index (χ1v) is 7.95. The molecule has 0 N–H and O–H groups in total. The fourth-order valence-electron chi connectivity index (χ4n) is 3.23. The lowest BCUT2D eigenvalue weighted by atomic mass is 9.98. The Kier molecular flexibility index (Phi) is 2.94. The highest BCUT2D eigenvalue weighted by molar-refractivity contribution is 7.86. The molecule has 2 bridgehead atoms. The molecule has 2 fully saturated rings. The van der Waals surface area contributed by atoms with E-state index in [0.717, 1.165) is 24.8 Å². The molecular weight excluding hydrogens is 248 g/mol. The van der Waals surface area contributed by atoms with Crippen LogP contribution in [0, 0.1) is 18.8 Å². The SMILES string of the molecule is Cc1ccc(S(=O)(=O)O[C@H]2C[C@@H]3CC[C@H]2C3)cc1. The van der Waals surface area contributed by atoms with Gasteiger partial charge in [0, 0.05) is 0 Å². The molecule has 0 unspecified atom stereocenters. The zero-order valence-electron chi connectivity index (χ0n) is 10.5. The second kappa shape index (κ2) is 4.35. The van der Waals surface area contributed by atoms with E-state index in [-0.39, 0.29) is 11.0 Å². The molecule has 3 nitrogen and oxygen atoms in total. The highest BCUT2D eigenvalue weighted by Gasteiger charge is 2.42. The van der Waals surface area contributed by atoms with Gasteiger partial charge in [-0.25, -0.2) is 0 Å². The average Bonchev–Trinajstić information content (AvgIpc) is 2.91. The Balaban J connectivity index is 1.77. The first-order valence-electron chi connectivity index (χ1n) is 6.54. The molecule has 0 spiro atoms. The van der Waals surface area contributed by atoms with E-state index in [9.17, 15) is 8.42 Å². The lowest BCUT2D eigenvalue weighted by Crippen LogP contribution is -2.24. The summed E-state index contributed by atoms with van der Waals surface area (Å²) >= 11 is 0. The Labute approximate surface area is 108 Å². The summed E-state index contributed by atoms with van der Waals surface area (Å²) in [4.78, 5) is 0.274. The molecule has 0 heterocycles. The Hall–Kier alpha value is -0.870. The summed E-state index contributed by atoms with van der Waals surface area (Å²) in [5, 5.41) is 0. The number of fused-ring (bicyclic) bond motifs is 2. The van der Waals surface area contributed by atoms with Crippen LogP contribution in [-0.4, -0.2) is 14.5 Å². The summed E-state index contributed by atoms with van der Waals surface area (Å²) < 4.78 is 29.7. The highest BCUT2D eigenvalue weighted by atomic mass is 32.2. The Morgan fingerprint density at radius 1 is 1.11 bits per heavy atom. The minimum atomic E-state index is -3.58. The van der Waals surface area contributed by atoms with Crippen LogP contribution in [0.2, 0.25) is 0 Å². The number of hydrogen-bond donors (Lipinski definition) is 0. The molecule has 0 aromatic heterocycles. The van der Waals surface area contributed by atoms with Crippen LogP contribution in [0.4, 0.5) is 0 Å². The van der Waals surface area contributed by atoms with Crippen LogP contribution in [0.15, 0.2) is 29.2 Å². The Morgan fingerprint density at radius 3 is 2.39 bits per heavy atom. The van der Waals surface area contributed by atoms with E-state index in [0.29, 0.717) is 11.8 Å². The van der Waals surface area contributed by atoms with Crippen LogP contribution in [-0.2, 0) is 14.3 Å². The van der Waals surface area contributed by atoms with Crippen LogP contribution >= 0.6 is 0 Å². The smallest absolute Gasteiger partial charge is 0.263 e. The summed E-state index contributed by atoms with van der Waals surface area (Å²) in [5.74, 6) is 1.14. The standard InChI is InChI=1S/C14H18O3S/c1-10-2-6-13(7-3-10)18(15,16)17-14-9-11-4-5-12(14)8-11/h2-3,6-7,11-12,14H,4-5,8-9H2,1H3/t11-,12+,14+/m1/s1. The van der Waals surface area contributed by atoms with Crippen molar-refractivity contribution in [3.05, 3.63) is 29.8 Å². The minimum Gasteiger partial charge on any atom is -0.263 e. The van der Waals surface area contributed by atoms with E-state index in [4.69, 9.17) is 4.18 Å². The predicted molar refractivity (Wildman–Crippen MR) is 68.7 cm³/mol. The molecule has 0 amide bonds. The van der Waals surface area contributed by atoms with Gasteiger partial charge in [0.2, 0.25) is 0 Å². The third kappa shape index (κ3) is 2.19. The topological polar surface area (TPSA) is 43.4 Å². The van der Waals surface area contributed by atoms with Gasteiger partial charge < -0.3 is 0 Å². The maximum absolute atomic E-state index is 12.2. The summed E-state index contributed by atoms with van der Waals surface area (Å²) in [6.07, 6.45) is 4.34. The van der Waals surface area contributed by atoms with Gasteiger partial charge >= 0.3 is 0 Å².